The second-order valence-corrected chi connectivity index (χ2v) is 13.1. The summed E-state index contributed by atoms with van der Waals surface area (Å²) < 4.78 is 69.3. The number of hydrogen-bond donors (Lipinski definition) is 0. The van der Waals surface area contributed by atoms with Gasteiger partial charge in [0.25, 0.3) is 0 Å². The van der Waals surface area contributed by atoms with Crippen molar-refractivity contribution in [1.82, 2.24) is 0 Å². The van der Waals surface area contributed by atoms with Crippen LogP contribution in [-0.2, 0) is 33.1 Å². The Balaban J connectivity index is 1.88. The van der Waals surface area contributed by atoms with E-state index in [4.69, 9.17) is 4.18 Å². The summed E-state index contributed by atoms with van der Waals surface area (Å²) in [5.74, 6) is 0.0804. The van der Waals surface area contributed by atoms with E-state index < -0.39 is 20.2 Å². The molecule has 11 heteroatoms. The van der Waals surface area contributed by atoms with E-state index in [1.807, 2.05) is 69.4 Å². The summed E-state index contributed by atoms with van der Waals surface area (Å²) in [7, 11) is -8.88. The first-order valence-corrected chi connectivity index (χ1v) is 15.2. The van der Waals surface area contributed by atoms with E-state index in [1.54, 1.807) is 0 Å². The minimum Gasteiger partial charge on any atom is -0.744 e. The lowest BCUT2D eigenvalue weighted by Gasteiger charge is -2.24. The molecular weight excluding hydrogens is 781 g/mol. The van der Waals surface area contributed by atoms with Crippen molar-refractivity contribution in [3.63, 3.8) is 0 Å². The van der Waals surface area contributed by atoms with Crippen LogP contribution < -0.4 is 4.18 Å². The molecule has 0 radical (unpaired) electrons. The predicted molar refractivity (Wildman–Crippen MR) is 141 cm³/mol. The van der Waals surface area contributed by atoms with Crippen molar-refractivity contribution >= 4 is 98.8 Å². The van der Waals surface area contributed by atoms with Crippen molar-refractivity contribution in [3.8, 4) is 5.75 Å². The minimum atomic E-state index is -4.66. The topological polar surface area (TPSA) is 101 Å². The molecule has 0 saturated heterocycles. The highest BCUT2D eigenvalue weighted by molar-refractivity contribution is 14.1. The van der Waals surface area contributed by atoms with E-state index >= 15 is 0 Å². The summed E-state index contributed by atoms with van der Waals surface area (Å²) in [6.07, 6.45) is 2.33. The van der Waals surface area contributed by atoms with Crippen LogP contribution in [0.1, 0.15) is 24.0 Å². The standard InChI is InChI=1S/C20H15I3O6S2/c21-17-13-7-3-4-8-14(13)18(22)20(19(17)23)31(27,28)29-15-9-10-16(30(24,25)26)12-6-2-1-5-11(12)15/h3-4,7-10H,1-2,5-6H2,(H,24,25,26)/p-1. The van der Waals surface area contributed by atoms with Crippen LogP contribution in [0.25, 0.3) is 10.8 Å². The normalized spacial score (nSPS) is 14.5. The zero-order valence-electron chi connectivity index (χ0n) is 15.7. The first kappa shape index (κ1) is 23.9. The Morgan fingerprint density at radius 2 is 1.35 bits per heavy atom. The Labute approximate surface area is 221 Å². The molecule has 0 aromatic heterocycles. The Kier molecular flexibility index (Phi) is 6.83. The average Bonchev–Trinajstić information content (AvgIpc) is 2.71. The average molecular weight is 795 g/mol. The van der Waals surface area contributed by atoms with Gasteiger partial charge < -0.3 is 8.74 Å². The minimum absolute atomic E-state index is 0.0804. The van der Waals surface area contributed by atoms with E-state index in [1.165, 1.54) is 6.07 Å². The fraction of sp³-hybridized carbons (Fsp3) is 0.200. The van der Waals surface area contributed by atoms with Crippen LogP contribution in [0.5, 0.6) is 5.75 Å². The van der Waals surface area contributed by atoms with Crippen molar-refractivity contribution in [2.75, 3.05) is 0 Å². The lowest BCUT2D eigenvalue weighted by atomic mass is 9.91. The Morgan fingerprint density at radius 3 is 1.97 bits per heavy atom. The summed E-state index contributed by atoms with van der Waals surface area (Å²) in [6.45, 7) is 0. The molecule has 0 unspecified atom stereocenters. The summed E-state index contributed by atoms with van der Waals surface area (Å²) in [4.78, 5) is -0.210. The fourth-order valence-electron chi connectivity index (χ4n) is 3.80. The zero-order chi connectivity index (χ0) is 22.6. The number of rotatable bonds is 4. The maximum atomic E-state index is 13.4. The number of hydrogen-bond acceptors (Lipinski definition) is 6. The summed E-state index contributed by atoms with van der Waals surface area (Å²) in [5.41, 5.74) is 0.846. The summed E-state index contributed by atoms with van der Waals surface area (Å²) in [6, 6.07) is 9.99. The molecule has 4 rings (SSSR count). The van der Waals surface area contributed by atoms with Crippen molar-refractivity contribution in [2.45, 2.75) is 35.5 Å². The summed E-state index contributed by atoms with van der Waals surface area (Å²) in [5, 5.41) is 1.77. The second kappa shape index (κ2) is 8.85. The second-order valence-electron chi connectivity index (χ2n) is 7.03. The van der Waals surface area contributed by atoms with E-state index in [0.29, 0.717) is 31.1 Å². The molecule has 0 spiro atoms. The number of halogens is 3. The van der Waals surface area contributed by atoms with Gasteiger partial charge in [-0.05, 0) is 122 Å². The van der Waals surface area contributed by atoms with Gasteiger partial charge in [-0.15, -0.1) is 0 Å². The van der Waals surface area contributed by atoms with Gasteiger partial charge in [0.15, 0.2) is 0 Å². The quantitative estimate of drug-likeness (QED) is 0.156. The third kappa shape index (κ3) is 4.46. The van der Waals surface area contributed by atoms with Crippen molar-refractivity contribution in [2.24, 2.45) is 0 Å². The first-order valence-electron chi connectivity index (χ1n) is 9.12. The van der Waals surface area contributed by atoms with Gasteiger partial charge in [0.05, 0.1) is 8.47 Å². The maximum absolute atomic E-state index is 13.4. The molecule has 0 saturated carbocycles. The molecule has 164 valence electrons. The van der Waals surface area contributed by atoms with Crippen LogP contribution in [0.2, 0.25) is 0 Å². The molecule has 0 N–H and O–H groups in total. The van der Waals surface area contributed by atoms with Gasteiger partial charge in [0, 0.05) is 12.7 Å². The van der Waals surface area contributed by atoms with E-state index in [2.05, 4.69) is 22.6 Å². The van der Waals surface area contributed by atoms with Crippen molar-refractivity contribution in [3.05, 3.63) is 58.2 Å². The SMILES string of the molecule is O=S(=O)([O-])c1ccc(OS(=O)(=O)c2c(I)c(I)c3ccccc3c2I)c2c1CCCC2. The van der Waals surface area contributed by atoms with Gasteiger partial charge in [0.1, 0.15) is 20.8 Å². The Hall–Kier alpha value is -0.230. The molecule has 0 heterocycles. The van der Waals surface area contributed by atoms with Gasteiger partial charge in [-0.1, -0.05) is 24.3 Å². The van der Waals surface area contributed by atoms with Crippen LogP contribution in [0, 0.1) is 10.7 Å². The van der Waals surface area contributed by atoms with Gasteiger partial charge in [-0.25, -0.2) is 8.42 Å². The largest absolute Gasteiger partial charge is 0.744 e. The Morgan fingerprint density at radius 1 is 0.774 bits per heavy atom. The van der Waals surface area contributed by atoms with Gasteiger partial charge in [-0.2, -0.15) is 8.42 Å². The monoisotopic (exact) mass is 795 g/mol. The van der Waals surface area contributed by atoms with E-state index in [-0.39, 0.29) is 15.5 Å². The van der Waals surface area contributed by atoms with Gasteiger partial charge >= 0.3 is 10.1 Å². The highest BCUT2D eigenvalue weighted by Gasteiger charge is 2.30. The van der Waals surface area contributed by atoms with Crippen molar-refractivity contribution < 1.29 is 25.6 Å². The molecule has 0 fully saturated rings. The predicted octanol–water partition coefficient (Wildman–Crippen LogP) is 5.20. The lowest BCUT2D eigenvalue weighted by molar-refractivity contribution is 0.459. The molecular formula is C20H14I3O6S2-. The zero-order valence-corrected chi connectivity index (χ0v) is 23.8. The van der Waals surface area contributed by atoms with Crippen LogP contribution in [-0.4, -0.2) is 21.4 Å². The van der Waals surface area contributed by atoms with Crippen molar-refractivity contribution in [1.29, 1.82) is 0 Å². The molecule has 0 atom stereocenters. The molecule has 3 aromatic rings. The van der Waals surface area contributed by atoms with Crippen LogP contribution in [0.3, 0.4) is 0 Å². The highest BCUT2D eigenvalue weighted by Crippen LogP contribution is 2.39. The molecule has 1 aliphatic carbocycles. The molecule has 0 amide bonds. The summed E-state index contributed by atoms with van der Waals surface area (Å²) >= 11 is 6.16. The van der Waals surface area contributed by atoms with Crippen LogP contribution in [0.15, 0.2) is 46.2 Å². The molecule has 31 heavy (non-hydrogen) atoms. The molecule has 6 nitrogen and oxygen atoms in total. The first-order chi connectivity index (χ1) is 14.5. The van der Waals surface area contributed by atoms with Crippen LogP contribution in [0.4, 0.5) is 0 Å². The van der Waals surface area contributed by atoms with Crippen LogP contribution >= 0.6 is 67.8 Å². The number of fused-ring (bicyclic) bond motifs is 2. The van der Waals surface area contributed by atoms with Gasteiger partial charge in [0.2, 0.25) is 0 Å². The molecule has 0 bridgehead atoms. The third-order valence-electron chi connectivity index (χ3n) is 5.16. The molecule has 1 aliphatic rings. The lowest BCUT2D eigenvalue weighted by Crippen LogP contribution is -2.18. The van der Waals surface area contributed by atoms with E-state index in [0.717, 1.165) is 33.3 Å². The Bertz CT molecular complexity index is 1430. The fourth-order valence-corrected chi connectivity index (χ4v) is 10.0. The molecule has 0 aliphatic heterocycles. The smallest absolute Gasteiger partial charge is 0.341 e. The third-order valence-corrected chi connectivity index (χ3v) is 12.5. The van der Waals surface area contributed by atoms with E-state index in [9.17, 15) is 21.4 Å². The maximum Gasteiger partial charge on any atom is 0.341 e. The highest BCUT2D eigenvalue weighted by atomic mass is 127. The molecule has 3 aromatic carbocycles. The number of benzene rings is 3. The van der Waals surface area contributed by atoms with Gasteiger partial charge in [-0.3, -0.25) is 0 Å².